The predicted molar refractivity (Wildman–Crippen MR) is 109 cm³/mol. The zero-order valence-corrected chi connectivity index (χ0v) is 17.0. The summed E-state index contributed by atoms with van der Waals surface area (Å²) >= 11 is 3.13. The van der Waals surface area contributed by atoms with Gasteiger partial charge >= 0.3 is 0 Å². The van der Waals surface area contributed by atoms with Crippen molar-refractivity contribution in [3.8, 4) is 9.88 Å². The second-order valence-corrected chi connectivity index (χ2v) is 9.23. The van der Waals surface area contributed by atoms with Crippen molar-refractivity contribution in [1.82, 2.24) is 15.2 Å². The summed E-state index contributed by atoms with van der Waals surface area (Å²) in [6.45, 7) is 1.50. The van der Waals surface area contributed by atoms with Crippen LogP contribution in [0.2, 0.25) is 0 Å². The van der Waals surface area contributed by atoms with Crippen LogP contribution in [-0.4, -0.2) is 40.8 Å². The first-order chi connectivity index (χ1) is 13.2. The van der Waals surface area contributed by atoms with Gasteiger partial charge in [-0.2, -0.15) is 0 Å². The average Bonchev–Trinajstić information content (AvgIpc) is 3.40. The van der Waals surface area contributed by atoms with Crippen LogP contribution >= 0.6 is 22.7 Å². The molecule has 2 aromatic rings. The molecule has 2 fully saturated rings. The van der Waals surface area contributed by atoms with Gasteiger partial charge in [0.05, 0.1) is 4.88 Å². The second kappa shape index (κ2) is 8.52. The number of thiophene rings is 1. The Morgan fingerprint density at radius 2 is 1.85 bits per heavy atom. The normalized spacial score (nSPS) is 19.2. The molecule has 0 bridgehead atoms. The minimum atomic E-state index is -0.105. The maximum atomic E-state index is 12.6. The SMILES string of the molecule is O=C(NC1CCN(C(=O)C2CCCCC2)CC1)c1csc(-c2cccs2)n1. The molecule has 27 heavy (non-hydrogen) atoms. The first-order valence-corrected chi connectivity index (χ1v) is 11.6. The Hall–Kier alpha value is -1.73. The number of likely N-dealkylation sites (tertiary alicyclic amines) is 1. The molecule has 4 rings (SSSR count). The van der Waals surface area contributed by atoms with Gasteiger partial charge in [-0.1, -0.05) is 25.3 Å². The van der Waals surface area contributed by atoms with E-state index >= 15 is 0 Å². The summed E-state index contributed by atoms with van der Waals surface area (Å²) in [5.74, 6) is 0.459. The predicted octanol–water partition coefficient (Wildman–Crippen LogP) is 4.17. The Labute approximate surface area is 167 Å². The lowest BCUT2D eigenvalue weighted by atomic mass is 9.87. The summed E-state index contributed by atoms with van der Waals surface area (Å²) < 4.78 is 0. The number of amides is 2. The van der Waals surface area contributed by atoms with Crippen LogP contribution in [-0.2, 0) is 4.79 Å². The fourth-order valence-electron chi connectivity index (χ4n) is 4.00. The molecular formula is C20H25N3O2S2. The molecule has 1 saturated heterocycles. The molecule has 2 aliphatic rings. The Balaban J connectivity index is 1.27. The molecule has 0 radical (unpaired) electrons. The van der Waals surface area contributed by atoms with Crippen molar-refractivity contribution in [2.45, 2.75) is 51.0 Å². The fourth-order valence-corrected chi connectivity index (χ4v) is 5.62. The van der Waals surface area contributed by atoms with Crippen LogP contribution in [0, 0.1) is 5.92 Å². The molecule has 1 aliphatic carbocycles. The number of aromatic nitrogens is 1. The molecular weight excluding hydrogens is 378 g/mol. The van der Waals surface area contributed by atoms with E-state index in [9.17, 15) is 9.59 Å². The minimum absolute atomic E-state index is 0.105. The quantitative estimate of drug-likeness (QED) is 0.833. The van der Waals surface area contributed by atoms with Crippen molar-refractivity contribution in [3.05, 3.63) is 28.6 Å². The zero-order chi connectivity index (χ0) is 18.6. The highest BCUT2D eigenvalue weighted by Gasteiger charge is 2.29. The lowest BCUT2D eigenvalue weighted by Crippen LogP contribution is -2.48. The highest BCUT2D eigenvalue weighted by atomic mass is 32.1. The van der Waals surface area contributed by atoms with Crippen molar-refractivity contribution in [1.29, 1.82) is 0 Å². The Morgan fingerprint density at radius 1 is 1.07 bits per heavy atom. The van der Waals surface area contributed by atoms with Gasteiger partial charge in [0.25, 0.3) is 5.91 Å². The molecule has 2 aromatic heterocycles. The van der Waals surface area contributed by atoms with Crippen LogP contribution in [0.3, 0.4) is 0 Å². The first kappa shape index (κ1) is 18.6. The molecule has 1 aliphatic heterocycles. The van der Waals surface area contributed by atoms with E-state index in [1.165, 1.54) is 30.6 Å². The molecule has 2 amide bonds. The van der Waals surface area contributed by atoms with Crippen molar-refractivity contribution in [2.75, 3.05) is 13.1 Å². The smallest absolute Gasteiger partial charge is 0.270 e. The van der Waals surface area contributed by atoms with Gasteiger partial charge in [0.15, 0.2) is 0 Å². The van der Waals surface area contributed by atoms with Crippen molar-refractivity contribution in [3.63, 3.8) is 0 Å². The number of carbonyl (C=O) groups is 2. The molecule has 0 atom stereocenters. The van der Waals surface area contributed by atoms with E-state index in [4.69, 9.17) is 0 Å². The van der Waals surface area contributed by atoms with Crippen molar-refractivity contribution in [2.24, 2.45) is 5.92 Å². The van der Waals surface area contributed by atoms with Gasteiger partial charge in [-0.3, -0.25) is 9.59 Å². The van der Waals surface area contributed by atoms with Crippen molar-refractivity contribution < 1.29 is 9.59 Å². The highest BCUT2D eigenvalue weighted by molar-refractivity contribution is 7.20. The van der Waals surface area contributed by atoms with Gasteiger partial charge in [-0.05, 0) is 37.1 Å². The highest BCUT2D eigenvalue weighted by Crippen LogP contribution is 2.28. The molecule has 0 unspecified atom stereocenters. The van der Waals surface area contributed by atoms with Gasteiger partial charge in [0.1, 0.15) is 10.7 Å². The number of thiazole rings is 1. The van der Waals surface area contributed by atoms with Crippen LogP contribution in [0.1, 0.15) is 55.4 Å². The van der Waals surface area contributed by atoms with Crippen LogP contribution in [0.25, 0.3) is 9.88 Å². The van der Waals surface area contributed by atoms with Gasteiger partial charge < -0.3 is 10.2 Å². The van der Waals surface area contributed by atoms with Crippen LogP contribution in [0.15, 0.2) is 22.9 Å². The maximum absolute atomic E-state index is 12.6. The standard InChI is InChI=1S/C20H25N3O2S2/c24-18(16-13-27-19(22-16)17-7-4-12-26-17)21-15-8-10-23(11-9-15)20(25)14-5-2-1-3-6-14/h4,7,12-15H,1-3,5-6,8-11H2,(H,21,24). The van der Waals surface area contributed by atoms with Crippen molar-refractivity contribution >= 4 is 34.5 Å². The third kappa shape index (κ3) is 4.41. The summed E-state index contributed by atoms with van der Waals surface area (Å²) in [6, 6.07) is 4.13. The fraction of sp³-hybridized carbons (Fsp3) is 0.550. The van der Waals surface area contributed by atoms with Crippen LogP contribution < -0.4 is 5.32 Å². The molecule has 5 nitrogen and oxygen atoms in total. The van der Waals surface area contributed by atoms with E-state index in [0.29, 0.717) is 11.6 Å². The maximum Gasteiger partial charge on any atom is 0.270 e. The number of carbonyl (C=O) groups excluding carboxylic acids is 2. The van der Waals surface area contributed by atoms with Gasteiger partial charge in [-0.25, -0.2) is 4.98 Å². The summed E-state index contributed by atoms with van der Waals surface area (Å²) in [5, 5.41) is 7.83. The van der Waals surface area contributed by atoms with E-state index in [0.717, 1.165) is 48.7 Å². The number of nitrogens with zero attached hydrogens (tertiary/aromatic N) is 2. The molecule has 144 valence electrons. The van der Waals surface area contributed by atoms with E-state index < -0.39 is 0 Å². The van der Waals surface area contributed by atoms with E-state index in [-0.39, 0.29) is 17.9 Å². The first-order valence-electron chi connectivity index (χ1n) is 9.80. The molecule has 1 N–H and O–H groups in total. The van der Waals surface area contributed by atoms with E-state index in [1.54, 1.807) is 11.3 Å². The number of hydrogen-bond donors (Lipinski definition) is 1. The lowest BCUT2D eigenvalue weighted by molar-refractivity contribution is -0.137. The topological polar surface area (TPSA) is 62.3 Å². The lowest BCUT2D eigenvalue weighted by Gasteiger charge is -2.35. The molecule has 3 heterocycles. The molecule has 0 spiro atoms. The van der Waals surface area contributed by atoms with E-state index in [2.05, 4.69) is 10.3 Å². The zero-order valence-electron chi connectivity index (χ0n) is 15.4. The number of piperidine rings is 1. The van der Waals surface area contributed by atoms with Gasteiger partial charge in [-0.15, -0.1) is 22.7 Å². The molecule has 7 heteroatoms. The Morgan fingerprint density at radius 3 is 2.56 bits per heavy atom. The number of hydrogen-bond acceptors (Lipinski definition) is 5. The molecule has 0 aromatic carbocycles. The Bertz CT molecular complexity index is 773. The minimum Gasteiger partial charge on any atom is -0.348 e. The summed E-state index contributed by atoms with van der Waals surface area (Å²) in [7, 11) is 0. The third-order valence-electron chi connectivity index (χ3n) is 5.57. The number of rotatable bonds is 4. The monoisotopic (exact) mass is 403 g/mol. The average molecular weight is 404 g/mol. The second-order valence-electron chi connectivity index (χ2n) is 7.42. The van der Waals surface area contributed by atoms with Crippen LogP contribution in [0.4, 0.5) is 0 Å². The van der Waals surface area contributed by atoms with Crippen LogP contribution in [0.5, 0.6) is 0 Å². The largest absolute Gasteiger partial charge is 0.348 e. The van der Waals surface area contributed by atoms with Gasteiger partial charge in [0.2, 0.25) is 5.91 Å². The third-order valence-corrected chi connectivity index (χ3v) is 7.45. The Kier molecular flexibility index (Phi) is 5.88. The van der Waals surface area contributed by atoms with E-state index in [1.807, 2.05) is 27.8 Å². The summed E-state index contributed by atoms with van der Waals surface area (Å²) in [5.41, 5.74) is 0.490. The van der Waals surface area contributed by atoms with Gasteiger partial charge in [0, 0.05) is 30.4 Å². The summed E-state index contributed by atoms with van der Waals surface area (Å²) in [4.78, 5) is 32.7. The molecule has 1 saturated carbocycles. The summed E-state index contributed by atoms with van der Waals surface area (Å²) in [6.07, 6.45) is 7.38. The number of nitrogens with one attached hydrogen (secondary N) is 1.